The molecule has 2 rings (SSSR count). The lowest BCUT2D eigenvalue weighted by molar-refractivity contribution is 0.0166. The van der Waals surface area contributed by atoms with Gasteiger partial charge in [-0.25, -0.2) is 4.98 Å². The molecule has 1 atom stereocenters. The van der Waals surface area contributed by atoms with Gasteiger partial charge in [0.05, 0.1) is 0 Å². The van der Waals surface area contributed by atoms with Crippen molar-refractivity contribution in [3.05, 3.63) is 16.1 Å². The minimum Gasteiger partial charge on any atom is -0.368 e. The molecule has 1 saturated heterocycles. The molecular formula is C12H20N2OS. The zero-order chi connectivity index (χ0) is 11.6. The summed E-state index contributed by atoms with van der Waals surface area (Å²) >= 11 is 1.77. The lowest BCUT2D eigenvalue weighted by Gasteiger charge is -2.19. The van der Waals surface area contributed by atoms with E-state index in [4.69, 9.17) is 4.74 Å². The first kappa shape index (κ1) is 12.0. The molecule has 1 unspecified atom stereocenters. The van der Waals surface area contributed by atoms with E-state index < -0.39 is 0 Å². The Morgan fingerprint density at radius 3 is 3.06 bits per heavy atom. The summed E-state index contributed by atoms with van der Waals surface area (Å²) in [6.07, 6.45) is 4.22. The molecule has 0 radical (unpaired) electrons. The van der Waals surface area contributed by atoms with Crippen LogP contribution in [0.4, 0.5) is 0 Å². The first-order valence-corrected chi connectivity index (χ1v) is 6.74. The molecule has 0 aromatic carbocycles. The standard InChI is InChI=1S/C12H20N2OS/c1-9(2)13-7-10-8-14-11(16-10)12(3)5-4-6-15-12/h8-9,13H,4-7H2,1-3H3. The van der Waals surface area contributed by atoms with E-state index in [1.54, 1.807) is 11.3 Å². The molecule has 1 fully saturated rings. The molecule has 0 spiro atoms. The number of hydrogen-bond donors (Lipinski definition) is 1. The Bertz CT molecular complexity index is 343. The first-order chi connectivity index (χ1) is 7.60. The van der Waals surface area contributed by atoms with Gasteiger partial charge in [-0.05, 0) is 19.8 Å². The van der Waals surface area contributed by atoms with Crippen molar-refractivity contribution in [1.29, 1.82) is 0 Å². The van der Waals surface area contributed by atoms with Crippen LogP contribution in [0.15, 0.2) is 6.20 Å². The third kappa shape index (κ3) is 2.62. The van der Waals surface area contributed by atoms with Crippen molar-refractivity contribution >= 4 is 11.3 Å². The second-order valence-electron chi connectivity index (χ2n) is 4.85. The summed E-state index contributed by atoms with van der Waals surface area (Å²) in [5.41, 5.74) is -0.124. The molecule has 1 aromatic rings. The molecule has 0 bridgehead atoms. The Labute approximate surface area is 101 Å². The fraction of sp³-hybridized carbons (Fsp3) is 0.750. The van der Waals surface area contributed by atoms with E-state index in [9.17, 15) is 0 Å². The second-order valence-corrected chi connectivity index (χ2v) is 5.97. The van der Waals surface area contributed by atoms with Crippen molar-refractivity contribution in [2.45, 2.75) is 51.8 Å². The quantitative estimate of drug-likeness (QED) is 0.878. The minimum atomic E-state index is -0.124. The highest BCUT2D eigenvalue weighted by molar-refractivity contribution is 7.11. The highest BCUT2D eigenvalue weighted by Gasteiger charge is 2.34. The van der Waals surface area contributed by atoms with Crippen LogP contribution in [0.3, 0.4) is 0 Å². The highest BCUT2D eigenvalue weighted by Crippen LogP contribution is 2.37. The van der Waals surface area contributed by atoms with E-state index in [1.165, 1.54) is 4.88 Å². The molecule has 1 N–H and O–H groups in total. The lowest BCUT2D eigenvalue weighted by Crippen LogP contribution is -2.21. The Hall–Kier alpha value is -0.450. The maximum atomic E-state index is 5.79. The average Bonchev–Trinajstić information content (AvgIpc) is 2.84. The molecule has 1 aromatic heterocycles. The summed E-state index contributed by atoms with van der Waals surface area (Å²) in [5, 5.41) is 4.54. The summed E-state index contributed by atoms with van der Waals surface area (Å²) in [4.78, 5) is 5.79. The maximum Gasteiger partial charge on any atom is 0.125 e. The van der Waals surface area contributed by atoms with E-state index in [1.807, 2.05) is 6.20 Å². The number of thiazole rings is 1. The number of rotatable bonds is 4. The van der Waals surface area contributed by atoms with Crippen molar-refractivity contribution in [3.8, 4) is 0 Å². The van der Waals surface area contributed by atoms with Crippen LogP contribution in [-0.4, -0.2) is 17.6 Å². The molecule has 16 heavy (non-hydrogen) atoms. The van der Waals surface area contributed by atoms with Gasteiger partial charge in [-0.1, -0.05) is 13.8 Å². The number of hydrogen-bond acceptors (Lipinski definition) is 4. The first-order valence-electron chi connectivity index (χ1n) is 5.93. The van der Waals surface area contributed by atoms with Crippen molar-refractivity contribution in [3.63, 3.8) is 0 Å². The van der Waals surface area contributed by atoms with E-state index >= 15 is 0 Å². The summed E-state index contributed by atoms with van der Waals surface area (Å²) in [6, 6.07) is 0.517. The predicted molar refractivity (Wildman–Crippen MR) is 66.6 cm³/mol. The zero-order valence-corrected chi connectivity index (χ0v) is 11.1. The number of nitrogens with zero attached hydrogens (tertiary/aromatic N) is 1. The SMILES string of the molecule is CC(C)NCc1cnc(C2(C)CCCO2)s1. The molecular weight excluding hydrogens is 220 g/mol. The Balaban J connectivity index is 2.01. The molecule has 3 nitrogen and oxygen atoms in total. The van der Waals surface area contributed by atoms with E-state index in [0.717, 1.165) is 31.0 Å². The molecule has 90 valence electrons. The Morgan fingerprint density at radius 1 is 1.62 bits per heavy atom. The van der Waals surface area contributed by atoms with Gasteiger partial charge in [0.1, 0.15) is 10.6 Å². The van der Waals surface area contributed by atoms with Crippen LogP contribution in [0.2, 0.25) is 0 Å². The largest absolute Gasteiger partial charge is 0.368 e. The Morgan fingerprint density at radius 2 is 2.44 bits per heavy atom. The molecule has 0 saturated carbocycles. The van der Waals surface area contributed by atoms with Gasteiger partial charge in [0.2, 0.25) is 0 Å². The number of ether oxygens (including phenoxy) is 1. The van der Waals surface area contributed by atoms with Gasteiger partial charge in [0.15, 0.2) is 0 Å². The molecule has 1 aliphatic heterocycles. The third-order valence-corrected chi connectivity index (χ3v) is 4.15. The van der Waals surface area contributed by atoms with Gasteiger partial charge < -0.3 is 10.1 Å². The smallest absolute Gasteiger partial charge is 0.125 e. The van der Waals surface area contributed by atoms with Gasteiger partial charge in [-0.3, -0.25) is 0 Å². The molecule has 1 aliphatic rings. The lowest BCUT2D eigenvalue weighted by atomic mass is 10.0. The maximum absolute atomic E-state index is 5.79. The van der Waals surface area contributed by atoms with Crippen molar-refractivity contribution < 1.29 is 4.74 Å². The van der Waals surface area contributed by atoms with E-state index in [-0.39, 0.29) is 5.60 Å². The average molecular weight is 240 g/mol. The minimum absolute atomic E-state index is 0.124. The van der Waals surface area contributed by atoms with E-state index in [2.05, 4.69) is 31.1 Å². The van der Waals surface area contributed by atoms with Crippen molar-refractivity contribution in [2.24, 2.45) is 0 Å². The fourth-order valence-electron chi connectivity index (χ4n) is 1.89. The molecule has 2 heterocycles. The van der Waals surface area contributed by atoms with Gasteiger partial charge in [0.25, 0.3) is 0 Å². The number of aromatic nitrogens is 1. The predicted octanol–water partition coefficient (Wildman–Crippen LogP) is 2.67. The molecule has 0 aliphatic carbocycles. The zero-order valence-electron chi connectivity index (χ0n) is 10.2. The van der Waals surface area contributed by atoms with Crippen LogP contribution in [0, 0.1) is 0 Å². The van der Waals surface area contributed by atoms with Crippen LogP contribution in [0.5, 0.6) is 0 Å². The topological polar surface area (TPSA) is 34.2 Å². The fourth-order valence-corrected chi connectivity index (χ4v) is 2.88. The van der Waals surface area contributed by atoms with Crippen LogP contribution < -0.4 is 5.32 Å². The van der Waals surface area contributed by atoms with E-state index in [0.29, 0.717) is 6.04 Å². The van der Waals surface area contributed by atoms with Crippen LogP contribution >= 0.6 is 11.3 Å². The summed E-state index contributed by atoms with van der Waals surface area (Å²) < 4.78 is 5.79. The normalized spacial score (nSPS) is 25.5. The Kier molecular flexibility index (Phi) is 3.62. The monoisotopic (exact) mass is 240 g/mol. The highest BCUT2D eigenvalue weighted by atomic mass is 32.1. The summed E-state index contributed by atoms with van der Waals surface area (Å²) in [6.45, 7) is 8.24. The number of nitrogens with one attached hydrogen (secondary N) is 1. The van der Waals surface area contributed by atoms with Gasteiger partial charge in [0, 0.05) is 30.3 Å². The summed E-state index contributed by atoms with van der Waals surface area (Å²) in [5.74, 6) is 0. The third-order valence-electron chi connectivity index (χ3n) is 2.91. The molecule has 4 heteroatoms. The van der Waals surface area contributed by atoms with Gasteiger partial charge >= 0.3 is 0 Å². The van der Waals surface area contributed by atoms with Crippen LogP contribution in [0.25, 0.3) is 0 Å². The second kappa shape index (κ2) is 4.82. The molecule has 0 amide bonds. The van der Waals surface area contributed by atoms with Crippen LogP contribution in [0.1, 0.15) is 43.5 Å². The van der Waals surface area contributed by atoms with Gasteiger partial charge in [-0.2, -0.15) is 0 Å². The van der Waals surface area contributed by atoms with Crippen molar-refractivity contribution in [1.82, 2.24) is 10.3 Å². The van der Waals surface area contributed by atoms with Crippen molar-refractivity contribution in [2.75, 3.05) is 6.61 Å². The van der Waals surface area contributed by atoms with Crippen LogP contribution in [-0.2, 0) is 16.9 Å². The van der Waals surface area contributed by atoms with Gasteiger partial charge in [-0.15, -0.1) is 11.3 Å². The summed E-state index contributed by atoms with van der Waals surface area (Å²) in [7, 11) is 0.